The standard InChI is InChI=1S/C13H15ClN2O/c14-11-2-1-5-15-12(11)16-13(17)10-7-8-3-4-9(10)6-8/h1-2,5,8-10H,3-4,6-7H2,(H,15,16,17). The molecule has 0 saturated heterocycles. The number of amides is 1. The van der Waals surface area contributed by atoms with E-state index in [1.807, 2.05) is 0 Å². The molecule has 0 radical (unpaired) electrons. The van der Waals surface area contributed by atoms with Gasteiger partial charge in [0.15, 0.2) is 5.82 Å². The summed E-state index contributed by atoms with van der Waals surface area (Å²) >= 11 is 5.98. The molecule has 3 nitrogen and oxygen atoms in total. The van der Waals surface area contributed by atoms with Crippen molar-refractivity contribution in [1.29, 1.82) is 0 Å². The van der Waals surface area contributed by atoms with E-state index >= 15 is 0 Å². The van der Waals surface area contributed by atoms with Gasteiger partial charge in [-0.1, -0.05) is 18.0 Å². The maximum Gasteiger partial charge on any atom is 0.228 e. The summed E-state index contributed by atoms with van der Waals surface area (Å²) in [6.07, 6.45) is 6.43. The van der Waals surface area contributed by atoms with Crippen LogP contribution in [0, 0.1) is 17.8 Å². The lowest BCUT2D eigenvalue weighted by Crippen LogP contribution is -2.27. The van der Waals surface area contributed by atoms with E-state index in [9.17, 15) is 4.79 Å². The number of hydrogen-bond acceptors (Lipinski definition) is 2. The van der Waals surface area contributed by atoms with Crippen molar-refractivity contribution < 1.29 is 4.79 Å². The molecule has 2 saturated carbocycles. The third-order valence-corrected chi connectivity index (χ3v) is 4.38. The van der Waals surface area contributed by atoms with Crippen molar-refractivity contribution >= 4 is 23.3 Å². The highest BCUT2D eigenvalue weighted by atomic mass is 35.5. The zero-order valence-electron chi connectivity index (χ0n) is 9.53. The lowest BCUT2D eigenvalue weighted by Gasteiger charge is -2.20. The molecule has 1 N–H and O–H groups in total. The summed E-state index contributed by atoms with van der Waals surface area (Å²) in [5.41, 5.74) is 0. The van der Waals surface area contributed by atoms with Gasteiger partial charge in [0.25, 0.3) is 0 Å². The predicted molar refractivity (Wildman–Crippen MR) is 66.8 cm³/mol. The van der Waals surface area contributed by atoms with Gasteiger partial charge < -0.3 is 5.32 Å². The molecule has 2 aliphatic rings. The topological polar surface area (TPSA) is 42.0 Å². The van der Waals surface area contributed by atoms with Crippen LogP contribution in [0.4, 0.5) is 5.82 Å². The van der Waals surface area contributed by atoms with Crippen molar-refractivity contribution in [3.63, 3.8) is 0 Å². The highest BCUT2D eigenvalue weighted by Crippen LogP contribution is 2.48. The number of rotatable bonds is 2. The van der Waals surface area contributed by atoms with Crippen molar-refractivity contribution in [3.05, 3.63) is 23.4 Å². The Kier molecular flexibility index (Phi) is 2.79. The van der Waals surface area contributed by atoms with Crippen LogP contribution in [0.5, 0.6) is 0 Å². The van der Waals surface area contributed by atoms with Gasteiger partial charge in [0.05, 0.1) is 5.02 Å². The average molecular weight is 251 g/mol. The van der Waals surface area contributed by atoms with Crippen molar-refractivity contribution in [2.45, 2.75) is 25.7 Å². The zero-order chi connectivity index (χ0) is 11.8. The quantitative estimate of drug-likeness (QED) is 0.876. The lowest BCUT2D eigenvalue weighted by molar-refractivity contribution is -0.121. The fourth-order valence-corrected chi connectivity index (χ4v) is 3.42. The summed E-state index contributed by atoms with van der Waals surface area (Å²) in [6, 6.07) is 3.50. The highest BCUT2D eigenvalue weighted by molar-refractivity contribution is 6.33. The van der Waals surface area contributed by atoms with E-state index in [1.165, 1.54) is 19.3 Å². The average Bonchev–Trinajstić information content (AvgIpc) is 2.94. The van der Waals surface area contributed by atoms with Gasteiger partial charge in [-0.25, -0.2) is 4.98 Å². The van der Waals surface area contributed by atoms with E-state index in [0.29, 0.717) is 16.8 Å². The van der Waals surface area contributed by atoms with Crippen LogP contribution in [0.2, 0.25) is 5.02 Å². The largest absolute Gasteiger partial charge is 0.309 e. The Morgan fingerprint density at radius 3 is 2.94 bits per heavy atom. The number of aromatic nitrogens is 1. The summed E-state index contributed by atoms with van der Waals surface area (Å²) in [5, 5.41) is 3.36. The maximum absolute atomic E-state index is 12.1. The van der Waals surface area contributed by atoms with Crippen molar-refractivity contribution in [3.8, 4) is 0 Å². The van der Waals surface area contributed by atoms with Gasteiger partial charge in [-0.05, 0) is 43.2 Å². The van der Waals surface area contributed by atoms with Crippen molar-refractivity contribution in [2.75, 3.05) is 5.32 Å². The second-order valence-electron chi connectivity index (χ2n) is 5.10. The van der Waals surface area contributed by atoms with E-state index in [1.54, 1.807) is 18.3 Å². The van der Waals surface area contributed by atoms with Crippen molar-refractivity contribution in [2.24, 2.45) is 17.8 Å². The summed E-state index contributed by atoms with van der Waals surface area (Å²) in [6.45, 7) is 0. The highest BCUT2D eigenvalue weighted by Gasteiger charge is 2.43. The normalized spacial score (nSPS) is 30.5. The second-order valence-corrected chi connectivity index (χ2v) is 5.51. The van der Waals surface area contributed by atoms with Gasteiger partial charge >= 0.3 is 0 Å². The number of halogens is 1. The van der Waals surface area contributed by atoms with Crippen LogP contribution in [0.15, 0.2) is 18.3 Å². The van der Waals surface area contributed by atoms with E-state index in [0.717, 1.165) is 12.3 Å². The Bertz CT molecular complexity index is 449. The van der Waals surface area contributed by atoms with Gasteiger partial charge in [0, 0.05) is 12.1 Å². The van der Waals surface area contributed by atoms with Crippen LogP contribution in [0.25, 0.3) is 0 Å². The monoisotopic (exact) mass is 250 g/mol. The van der Waals surface area contributed by atoms with E-state index in [-0.39, 0.29) is 11.8 Å². The van der Waals surface area contributed by atoms with Gasteiger partial charge in [-0.15, -0.1) is 0 Å². The molecule has 3 atom stereocenters. The van der Waals surface area contributed by atoms with Crippen LogP contribution in [-0.2, 0) is 4.79 Å². The number of carbonyl (C=O) groups excluding carboxylic acids is 1. The molecule has 0 aliphatic heterocycles. The molecule has 3 rings (SSSR count). The van der Waals surface area contributed by atoms with Gasteiger partial charge in [0.1, 0.15) is 0 Å². The van der Waals surface area contributed by atoms with E-state index in [2.05, 4.69) is 10.3 Å². The van der Waals surface area contributed by atoms with Gasteiger partial charge in [-0.2, -0.15) is 0 Å². The minimum absolute atomic E-state index is 0.0952. The first-order chi connectivity index (χ1) is 8.24. The Labute approximate surface area is 106 Å². The number of nitrogens with one attached hydrogen (secondary N) is 1. The third kappa shape index (κ3) is 2.04. The molecular weight excluding hydrogens is 236 g/mol. The Morgan fingerprint density at radius 1 is 1.41 bits per heavy atom. The molecular formula is C13H15ClN2O. The Morgan fingerprint density at radius 2 is 2.29 bits per heavy atom. The van der Waals surface area contributed by atoms with E-state index in [4.69, 9.17) is 11.6 Å². The molecule has 0 spiro atoms. The van der Waals surface area contributed by atoms with Crippen molar-refractivity contribution in [1.82, 2.24) is 4.98 Å². The van der Waals surface area contributed by atoms with Crippen LogP contribution in [-0.4, -0.2) is 10.9 Å². The van der Waals surface area contributed by atoms with Crippen LogP contribution >= 0.6 is 11.6 Å². The molecule has 17 heavy (non-hydrogen) atoms. The maximum atomic E-state index is 12.1. The molecule has 4 heteroatoms. The minimum atomic E-state index is 0.0952. The third-order valence-electron chi connectivity index (χ3n) is 4.07. The van der Waals surface area contributed by atoms with Gasteiger partial charge in [-0.3, -0.25) is 4.79 Å². The Hall–Kier alpha value is -1.09. The summed E-state index contributed by atoms with van der Waals surface area (Å²) in [4.78, 5) is 16.2. The molecule has 1 aromatic heterocycles. The molecule has 0 aromatic carbocycles. The molecule has 1 amide bonds. The zero-order valence-corrected chi connectivity index (χ0v) is 10.3. The molecule has 90 valence electrons. The number of pyridine rings is 1. The fraction of sp³-hybridized carbons (Fsp3) is 0.538. The first kappa shape index (κ1) is 11.0. The fourth-order valence-electron chi connectivity index (χ4n) is 3.25. The summed E-state index contributed by atoms with van der Waals surface area (Å²) < 4.78 is 0. The van der Waals surface area contributed by atoms with E-state index < -0.39 is 0 Å². The SMILES string of the molecule is O=C(Nc1ncccc1Cl)C1CC2CCC1C2. The molecule has 3 unspecified atom stereocenters. The molecule has 2 fully saturated rings. The minimum Gasteiger partial charge on any atom is -0.309 e. The van der Waals surface area contributed by atoms with Crippen LogP contribution in [0.1, 0.15) is 25.7 Å². The van der Waals surface area contributed by atoms with Crippen LogP contribution < -0.4 is 5.32 Å². The number of carbonyl (C=O) groups is 1. The smallest absolute Gasteiger partial charge is 0.228 e. The summed E-state index contributed by atoms with van der Waals surface area (Å²) in [7, 11) is 0. The number of nitrogens with zero attached hydrogens (tertiary/aromatic N) is 1. The first-order valence-electron chi connectivity index (χ1n) is 6.15. The van der Waals surface area contributed by atoms with Crippen LogP contribution in [0.3, 0.4) is 0 Å². The summed E-state index contributed by atoms with van der Waals surface area (Å²) in [5.74, 6) is 2.11. The Balaban J connectivity index is 1.70. The second kappa shape index (κ2) is 4.30. The molecule has 1 aromatic rings. The number of hydrogen-bond donors (Lipinski definition) is 1. The predicted octanol–water partition coefficient (Wildman–Crippen LogP) is 3.11. The lowest BCUT2D eigenvalue weighted by atomic mass is 9.88. The van der Waals surface area contributed by atoms with Gasteiger partial charge in [0.2, 0.25) is 5.91 Å². The molecule has 2 aliphatic carbocycles. The molecule has 1 heterocycles. The number of anilines is 1. The molecule has 2 bridgehead atoms. The number of fused-ring (bicyclic) bond motifs is 2. The first-order valence-corrected chi connectivity index (χ1v) is 6.53.